The molecule has 2 aromatic heterocycles. The molecule has 1 aliphatic rings. The number of nitrogens with zero attached hydrogens (tertiary/aromatic N) is 3. The molecular formula is C18H18N4O2. The molecule has 1 fully saturated rings. The molecule has 1 aromatic carbocycles. The van der Waals surface area contributed by atoms with Crippen LogP contribution in [0, 0.1) is 0 Å². The number of aromatic nitrogens is 3. The van der Waals surface area contributed by atoms with Crippen molar-refractivity contribution < 1.29 is 9.53 Å². The van der Waals surface area contributed by atoms with Crippen molar-refractivity contribution in [3.8, 4) is 16.9 Å². The molecule has 0 spiro atoms. The van der Waals surface area contributed by atoms with Crippen molar-refractivity contribution in [3.05, 3.63) is 60.6 Å². The average molecular weight is 322 g/mol. The van der Waals surface area contributed by atoms with Gasteiger partial charge in [0.2, 0.25) is 0 Å². The number of nitrogens with one attached hydrogen (secondary N) is 1. The van der Waals surface area contributed by atoms with Crippen molar-refractivity contribution >= 4 is 5.91 Å². The smallest absolute Gasteiger partial charge is 0.272 e. The third kappa shape index (κ3) is 2.61. The monoisotopic (exact) mass is 322 g/mol. The van der Waals surface area contributed by atoms with E-state index >= 15 is 0 Å². The molecule has 1 N–H and O–H groups in total. The van der Waals surface area contributed by atoms with E-state index < -0.39 is 0 Å². The Morgan fingerprint density at radius 1 is 1.29 bits per heavy atom. The number of carbonyl (C=O) groups is 1. The van der Waals surface area contributed by atoms with Crippen molar-refractivity contribution in [1.82, 2.24) is 19.7 Å². The molecule has 4 rings (SSSR count). The lowest BCUT2D eigenvalue weighted by Gasteiger charge is -2.34. The zero-order valence-corrected chi connectivity index (χ0v) is 13.3. The first-order valence-electron chi connectivity index (χ1n) is 7.90. The lowest BCUT2D eigenvalue weighted by Crippen LogP contribution is -2.45. The van der Waals surface area contributed by atoms with Gasteiger partial charge in [-0.15, -0.1) is 0 Å². The molecular weight excluding hydrogens is 304 g/mol. The van der Waals surface area contributed by atoms with E-state index in [4.69, 9.17) is 4.74 Å². The first-order valence-corrected chi connectivity index (χ1v) is 7.90. The summed E-state index contributed by atoms with van der Waals surface area (Å²) in [5.74, 6) is -0.0681. The van der Waals surface area contributed by atoms with Crippen molar-refractivity contribution in [1.29, 1.82) is 0 Å². The highest BCUT2D eigenvalue weighted by Gasteiger charge is 2.27. The van der Waals surface area contributed by atoms with Crippen LogP contribution in [0.2, 0.25) is 0 Å². The van der Waals surface area contributed by atoms with E-state index in [2.05, 4.69) is 10.1 Å². The van der Waals surface area contributed by atoms with Crippen LogP contribution in [0.3, 0.4) is 0 Å². The molecule has 122 valence electrons. The zero-order valence-electron chi connectivity index (χ0n) is 13.3. The van der Waals surface area contributed by atoms with Crippen LogP contribution < -0.4 is 0 Å². The second kappa shape index (κ2) is 5.98. The first-order chi connectivity index (χ1) is 11.7. The number of amides is 1. The van der Waals surface area contributed by atoms with Gasteiger partial charge in [-0.25, -0.2) is 4.68 Å². The summed E-state index contributed by atoms with van der Waals surface area (Å²) in [7, 11) is 1.76. The van der Waals surface area contributed by atoms with Crippen LogP contribution in [-0.4, -0.2) is 45.5 Å². The van der Waals surface area contributed by atoms with Crippen LogP contribution in [0.1, 0.15) is 16.9 Å². The number of benzene rings is 1. The molecule has 3 aromatic rings. The van der Waals surface area contributed by atoms with Crippen LogP contribution >= 0.6 is 0 Å². The topological polar surface area (TPSA) is 63.2 Å². The third-order valence-electron chi connectivity index (χ3n) is 4.26. The minimum Gasteiger partial charge on any atom is -0.358 e. The van der Waals surface area contributed by atoms with Gasteiger partial charge in [-0.3, -0.25) is 4.79 Å². The van der Waals surface area contributed by atoms with Gasteiger partial charge in [-0.05, 0) is 24.3 Å². The van der Waals surface area contributed by atoms with Gasteiger partial charge in [0.15, 0.2) is 0 Å². The van der Waals surface area contributed by atoms with Crippen LogP contribution in [0.15, 0.2) is 54.9 Å². The quantitative estimate of drug-likeness (QED) is 0.803. The van der Waals surface area contributed by atoms with E-state index in [9.17, 15) is 4.79 Å². The highest BCUT2D eigenvalue weighted by atomic mass is 16.5. The Labute approximate surface area is 139 Å². The second-order valence-electron chi connectivity index (χ2n) is 5.82. The molecule has 1 amide bonds. The Bertz CT molecular complexity index is 849. The summed E-state index contributed by atoms with van der Waals surface area (Å²) in [6.45, 7) is 0.719. The van der Waals surface area contributed by atoms with E-state index in [0.717, 1.165) is 30.0 Å². The molecule has 3 heterocycles. The van der Waals surface area contributed by atoms with E-state index in [-0.39, 0.29) is 12.1 Å². The zero-order chi connectivity index (χ0) is 16.5. The summed E-state index contributed by atoms with van der Waals surface area (Å²) in [5.41, 5.74) is 3.34. The molecule has 0 bridgehead atoms. The summed E-state index contributed by atoms with van der Waals surface area (Å²) in [4.78, 5) is 17.3. The van der Waals surface area contributed by atoms with Crippen molar-refractivity contribution in [2.75, 3.05) is 13.7 Å². The number of hydrogen-bond donors (Lipinski definition) is 1. The van der Waals surface area contributed by atoms with E-state index in [1.54, 1.807) is 24.2 Å². The molecule has 0 radical (unpaired) electrons. The number of ether oxygens (including phenoxy) is 1. The second-order valence-corrected chi connectivity index (χ2v) is 5.82. The van der Waals surface area contributed by atoms with E-state index in [0.29, 0.717) is 5.69 Å². The summed E-state index contributed by atoms with van der Waals surface area (Å²) in [5, 5.41) is 4.38. The van der Waals surface area contributed by atoms with Gasteiger partial charge in [-0.2, -0.15) is 5.10 Å². The Morgan fingerprint density at radius 3 is 2.79 bits per heavy atom. The van der Waals surface area contributed by atoms with Gasteiger partial charge in [0.05, 0.1) is 18.5 Å². The predicted octanol–water partition coefficient (Wildman–Crippen LogP) is 2.69. The maximum atomic E-state index is 12.4. The summed E-state index contributed by atoms with van der Waals surface area (Å²) >= 11 is 0. The van der Waals surface area contributed by atoms with E-state index in [1.807, 2.05) is 47.3 Å². The summed E-state index contributed by atoms with van der Waals surface area (Å²) < 4.78 is 7.17. The normalized spacial score (nSPS) is 16.6. The van der Waals surface area contributed by atoms with Crippen LogP contribution in [0.4, 0.5) is 0 Å². The summed E-state index contributed by atoms with van der Waals surface area (Å²) in [6, 6.07) is 13.6. The SMILES string of the molecule is CN(C(=O)c1ccc(-c2cnn(-c3ccccc3)c2)[nH]1)C1CCO1. The van der Waals surface area contributed by atoms with Gasteiger partial charge in [0.1, 0.15) is 11.9 Å². The highest BCUT2D eigenvalue weighted by molar-refractivity contribution is 5.93. The number of aromatic amines is 1. The number of para-hydroxylation sites is 1. The van der Waals surface area contributed by atoms with Gasteiger partial charge in [0.25, 0.3) is 5.91 Å². The molecule has 1 atom stereocenters. The van der Waals surface area contributed by atoms with Gasteiger partial charge >= 0.3 is 0 Å². The van der Waals surface area contributed by atoms with Crippen molar-refractivity contribution in [2.24, 2.45) is 0 Å². The Balaban J connectivity index is 1.55. The fourth-order valence-electron chi connectivity index (χ4n) is 2.72. The fraction of sp³-hybridized carbons (Fsp3) is 0.222. The molecule has 6 heteroatoms. The fourth-order valence-corrected chi connectivity index (χ4v) is 2.72. The molecule has 1 unspecified atom stereocenters. The number of hydrogen-bond acceptors (Lipinski definition) is 3. The Hall–Kier alpha value is -2.86. The van der Waals surface area contributed by atoms with Crippen LogP contribution in [0.5, 0.6) is 0 Å². The number of carbonyl (C=O) groups excluding carboxylic acids is 1. The highest BCUT2D eigenvalue weighted by Crippen LogP contribution is 2.22. The van der Waals surface area contributed by atoms with Gasteiger partial charge in [-0.1, -0.05) is 18.2 Å². The average Bonchev–Trinajstić information content (AvgIpc) is 3.22. The third-order valence-corrected chi connectivity index (χ3v) is 4.26. The van der Waals surface area contributed by atoms with Crippen LogP contribution in [-0.2, 0) is 4.74 Å². The van der Waals surface area contributed by atoms with E-state index in [1.165, 1.54) is 0 Å². The first kappa shape index (κ1) is 14.7. The maximum absolute atomic E-state index is 12.4. The Morgan fingerprint density at radius 2 is 2.08 bits per heavy atom. The van der Waals surface area contributed by atoms with Crippen molar-refractivity contribution in [3.63, 3.8) is 0 Å². The maximum Gasteiger partial charge on any atom is 0.272 e. The molecule has 1 saturated heterocycles. The lowest BCUT2D eigenvalue weighted by molar-refractivity contribution is -0.120. The molecule has 1 aliphatic heterocycles. The Kier molecular flexibility index (Phi) is 3.66. The van der Waals surface area contributed by atoms with Crippen LogP contribution in [0.25, 0.3) is 16.9 Å². The van der Waals surface area contributed by atoms with Crippen molar-refractivity contribution in [2.45, 2.75) is 12.6 Å². The van der Waals surface area contributed by atoms with Gasteiger partial charge in [0, 0.05) is 30.9 Å². The van der Waals surface area contributed by atoms with Gasteiger partial charge < -0.3 is 14.6 Å². The minimum atomic E-state index is -0.106. The minimum absolute atomic E-state index is 0.0681. The standard InChI is InChI=1S/C18H18N4O2/c1-21(17-9-10-24-17)18(23)16-8-7-15(20-16)13-11-19-22(12-13)14-5-3-2-4-6-14/h2-8,11-12,17,20H,9-10H2,1H3. The molecule has 6 nitrogen and oxygen atoms in total. The molecule has 24 heavy (non-hydrogen) atoms. The number of H-pyrrole nitrogens is 1. The lowest BCUT2D eigenvalue weighted by atomic mass is 10.2. The predicted molar refractivity (Wildman–Crippen MR) is 89.8 cm³/mol. The largest absolute Gasteiger partial charge is 0.358 e. The molecule has 0 aliphatic carbocycles. The molecule has 0 saturated carbocycles. The number of rotatable bonds is 4. The summed E-state index contributed by atoms with van der Waals surface area (Å²) in [6.07, 6.45) is 4.50.